The Morgan fingerprint density at radius 2 is 2.20 bits per heavy atom. The van der Waals surface area contributed by atoms with Gasteiger partial charge in [0.2, 0.25) is 0 Å². The molecule has 1 aliphatic rings. The summed E-state index contributed by atoms with van der Waals surface area (Å²) in [6.07, 6.45) is 5.78. The van der Waals surface area contributed by atoms with Gasteiger partial charge < -0.3 is 9.88 Å². The largest absolute Gasteiger partial charge is 0.312 e. The molecule has 112 valence electrons. The molecule has 2 unspecified atom stereocenters. The monoisotopic (exact) mass is 276 g/mol. The molecule has 1 aliphatic carbocycles. The summed E-state index contributed by atoms with van der Waals surface area (Å²) in [5.41, 5.74) is 2.79. The third kappa shape index (κ3) is 3.32. The standard InChI is InChI=1S/C17H28N2O/c1-4-7-13(3)12-19-16-9-6-8-15(18-5-2)14(16)10-11-17(19)20/h10-11,13,15,18H,4-9,12H2,1-3H3. The summed E-state index contributed by atoms with van der Waals surface area (Å²) in [6.45, 7) is 8.46. The fourth-order valence-corrected chi connectivity index (χ4v) is 3.42. The summed E-state index contributed by atoms with van der Waals surface area (Å²) in [5.74, 6) is 0.573. The maximum Gasteiger partial charge on any atom is 0.250 e. The van der Waals surface area contributed by atoms with E-state index in [2.05, 4.69) is 26.1 Å². The van der Waals surface area contributed by atoms with Crippen LogP contribution in [0.4, 0.5) is 0 Å². The second-order valence-electron chi connectivity index (χ2n) is 6.08. The molecule has 0 aliphatic heterocycles. The van der Waals surface area contributed by atoms with Gasteiger partial charge in [0.05, 0.1) is 0 Å². The molecular formula is C17H28N2O. The van der Waals surface area contributed by atoms with Crippen LogP contribution < -0.4 is 10.9 Å². The highest BCUT2D eigenvalue weighted by Gasteiger charge is 2.22. The van der Waals surface area contributed by atoms with Crippen LogP contribution in [0.3, 0.4) is 0 Å². The first kappa shape index (κ1) is 15.3. The summed E-state index contributed by atoms with van der Waals surface area (Å²) < 4.78 is 2.04. The van der Waals surface area contributed by atoms with Crippen molar-refractivity contribution in [3.8, 4) is 0 Å². The Balaban J connectivity index is 2.32. The lowest BCUT2D eigenvalue weighted by Crippen LogP contribution is -2.32. The van der Waals surface area contributed by atoms with Gasteiger partial charge in [-0.25, -0.2) is 0 Å². The number of nitrogens with one attached hydrogen (secondary N) is 1. The van der Waals surface area contributed by atoms with Gasteiger partial charge in [-0.3, -0.25) is 4.79 Å². The smallest absolute Gasteiger partial charge is 0.250 e. The SMILES string of the molecule is CCCC(C)Cn1c2c(ccc1=O)C(NCC)CCC2. The van der Waals surface area contributed by atoms with Crippen LogP contribution in [0.1, 0.15) is 63.8 Å². The van der Waals surface area contributed by atoms with Crippen molar-refractivity contribution >= 4 is 0 Å². The van der Waals surface area contributed by atoms with Crippen molar-refractivity contribution in [2.75, 3.05) is 6.54 Å². The number of aromatic nitrogens is 1. The number of fused-ring (bicyclic) bond motifs is 1. The fourth-order valence-electron chi connectivity index (χ4n) is 3.42. The highest BCUT2D eigenvalue weighted by Crippen LogP contribution is 2.29. The van der Waals surface area contributed by atoms with Crippen molar-refractivity contribution in [1.82, 2.24) is 9.88 Å². The molecule has 2 rings (SSSR count). The van der Waals surface area contributed by atoms with Crippen LogP contribution in [0.15, 0.2) is 16.9 Å². The zero-order valence-corrected chi connectivity index (χ0v) is 13.1. The second kappa shape index (κ2) is 7.07. The summed E-state index contributed by atoms with van der Waals surface area (Å²) in [5, 5.41) is 3.55. The second-order valence-corrected chi connectivity index (χ2v) is 6.08. The number of nitrogens with zero attached hydrogens (tertiary/aromatic N) is 1. The Morgan fingerprint density at radius 3 is 2.90 bits per heavy atom. The first-order valence-corrected chi connectivity index (χ1v) is 8.13. The van der Waals surface area contributed by atoms with E-state index in [9.17, 15) is 4.79 Å². The maximum absolute atomic E-state index is 12.2. The van der Waals surface area contributed by atoms with E-state index in [-0.39, 0.29) is 5.56 Å². The molecule has 0 fully saturated rings. The third-order valence-electron chi connectivity index (χ3n) is 4.34. The van der Waals surface area contributed by atoms with E-state index < -0.39 is 0 Å². The molecule has 2 atom stereocenters. The van der Waals surface area contributed by atoms with Crippen LogP contribution in [0.5, 0.6) is 0 Å². The highest BCUT2D eigenvalue weighted by molar-refractivity contribution is 5.27. The average Bonchev–Trinajstić information content (AvgIpc) is 2.43. The lowest BCUT2D eigenvalue weighted by Gasteiger charge is -2.29. The molecule has 1 aromatic heterocycles. The lowest BCUT2D eigenvalue weighted by molar-refractivity contribution is 0.403. The molecular weight excluding hydrogens is 248 g/mol. The van der Waals surface area contributed by atoms with Crippen molar-refractivity contribution in [3.05, 3.63) is 33.7 Å². The van der Waals surface area contributed by atoms with Crippen LogP contribution in [0.2, 0.25) is 0 Å². The minimum Gasteiger partial charge on any atom is -0.312 e. The van der Waals surface area contributed by atoms with Gasteiger partial charge in [0.25, 0.3) is 5.56 Å². The zero-order chi connectivity index (χ0) is 14.5. The molecule has 0 radical (unpaired) electrons. The number of rotatable bonds is 6. The van der Waals surface area contributed by atoms with Crippen LogP contribution in [-0.2, 0) is 13.0 Å². The van der Waals surface area contributed by atoms with Gasteiger partial charge in [0, 0.05) is 24.3 Å². The van der Waals surface area contributed by atoms with E-state index in [1.165, 1.54) is 36.9 Å². The quantitative estimate of drug-likeness (QED) is 0.865. The summed E-state index contributed by atoms with van der Waals surface area (Å²) in [7, 11) is 0. The van der Waals surface area contributed by atoms with Crippen LogP contribution >= 0.6 is 0 Å². The molecule has 0 bridgehead atoms. The normalized spacial score (nSPS) is 19.6. The average molecular weight is 276 g/mol. The van der Waals surface area contributed by atoms with Crippen molar-refractivity contribution in [3.63, 3.8) is 0 Å². The molecule has 1 heterocycles. The van der Waals surface area contributed by atoms with Crippen molar-refractivity contribution < 1.29 is 0 Å². The summed E-state index contributed by atoms with van der Waals surface area (Å²) in [6, 6.07) is 4.23. The Labute approximate surface area is 122 Å². The molecule has 1 N–H and O–H groups in total. The summed E-state index contributed by atoms with van der Waals surface area (Å²) in [4.78, 5) is 12.2. The van der Waals surface area contributed by atoms with Gasteiger partial charge >= 0.3 is 0 Å². The van der Waals surface area contributed by atoms with Gasteiger partial charge in [0.15, 0.2) is 0 Å². The van der Waals surface area contributed by atoms with Gasteiger partial charge in [-0.05, 0) is 43.7 Å². The van der Waals surface area contributed by atoms with E-state index >= 15 is 0 Å². The van der Waals surface area contributed by atoms with Gasteiger partial charge in [-0.15, -0.1) is 0 Å². The molecule has 0 saturated carbocycles. The maximum atomic E-state index is 12.2. The first-order chi connectivity index (χ1) is 9.67. The van der Waals surface area contributed by atoms with Crippen LogP contribution in [0.25, 0.3) is 0 Å². The Morgan fingerprint density at radius 1 is 1.40 bits per heavy atom. The van der Waals surface area contributed by atoms with Gasteiger partial charge in [-0.1, -0.05) is 33.3 Å². The molecule has 3 nitrogen and oxygen atoms in total. The van der Waals surface area contributed by atoms with E-state index in [0.717, 1.165) is 19.5 Å². The minimum absolute atomic E-state index is 0.170. The Hall–Kier alpha value is -1.09. The molecule has 3 heteroatoms. The molecule has 0 aromatic carbocycles. The van der Waals surface area contributed by atoms with Crippen LogP contribution in [0, 0.1) is 5.92 Å². The number of hydrogen-bond donors (Lipinski definition) is 1. The topological polar surface area (TPSA) is 34.0 Å². The molecule has 0 saturated heterocycles. The van der Waals surface area contributed by atoms with E-state index in [4.69, 9.17) is 0 Å². The molecule has 0 spiro atoms. The van der Waals surface area contributed by atoms with Gasteiger partial charge in [-0.2, -0.15) is 0 Å². The van der Waals surface area contributed by atoms with Crippen molar-refractivity contribution in [2.24, 2.45) is 5.92 Å². The number of hydrogen-bond acceptors (Lipinski definition) is 2. The van der Waals surface area contributed by atoms with E-state index in [1.807, 2.05) is 10.6 Å². The first-order valence-electron chi connectivity index (χ1n) is 8.13. The molecule has 1 aromatic rings. The Bertz CT molecular complexity index is 492. The van der Waals surface area contributed by atoms with Crippen molar-refractivity contribution in [1.29, 1.82) is 0 Å². The van der Waals surface area contributed by atoms with Gasteiger partial charge in [0.1, 0.15) is 0 Å². The lowest BCUT2D eigenvalue weighted by atomic mass is 9.90. The predicted molar refractivity (Wildman–Crippen MR) is 84.1 cm³/mol. The predicted octanol–water partition coefficient (Wildman–Crippen LogP) is 3.27. The van der Waals surface area contributed by atoms with E-state index in [1.54, 1.807) is 6.07 Å². The molecule has 20 heavy (non-hydrogen) atoms. The summed E-state index contributed by atoms with van der Waals surface area (Å²) >= 11 is 0. The van der Waals surface area contributed by atoms with E-state index in [0.29, 0.717) is 12.0 Å². The zero-order valence-electron chi connectivity index (χ0n) is 13.1. The van der Waals surface area contributed by atoms with Crippen LogP contribution in [-0.4, -0.2) is 11.1 Å². The number of pyridine rings is 1. The Kier molecular flexibility index (Phi) is 5.41. The fraction of sp³-hybridized carbons (Fsp3) is 0.706. The third-order valence-corrected chi connectivity index (χ3v) is 4.34. The van der Waals surface area contributed by atoms with Crippen molar-refractivity contribution in [2.45, 2.75) is 65.5 Å². The minimum atomic E-state index is 0.170. The molecule has 0 amide bonds. The highest BCUT2D eigenvalue weighted by atomic mass is 16.1.